The summed E-state index contributed by atoms with van der Waals surface area (Å²) in [5.74, 6) is -1.60. The van der Waals surface area contributed by atoms with Gasteiger partial charge in [-0.3, -0.25) is 32.5 Å². The molecule has 0 fully saturated rings. The third-order valence-electron chi connectivity index (χ3n) is 15.4. The molecule has 0 aromatic heterocycles. The zero-order valence-corrected chi connectivity index (χ0v) is 61.4. The fourth-order valence-electron chi connectivity index (χ4n) is 9.78. The lowest BCUT2D eigenvalue weighted by Gasteiger charge is -2.21. The highest BCUT2D eigenvalue weighted by Crippen LogP contribution is 2.45. The topological polar surface area (TPSA) is 231 Å². The Hall–Kier alpha value is -3.79. The Morgan fingerprint density at radius 1 is 0.305 bits per heavy atom. The summed E-state index contributed by atoms with van der Waals surface area (Å²) in [4.78, 5) is 58.4. The number of hydrogen-bond acceptors (Lipinski definition) is 14. The van der Waals surface area contributed by atoms with Crippen LogP contribution in [-0.4, -0.2) is 95.9 Å². The average molecular weight is 1380 g/mol. The van der Waals surface area contributed by atoms with Gasteiger partial charge in [-0.1, -0.05) is 271 Å². The Morgan fingerprint density at radius 3 is 0.937 bits per heavy atom. The van der Waals surface area contributed by atoms with E-state index < -0.39 is 91.5 Å². The van der Waals surface area contributed by atoms with Crippen LogP contribution in [0.3, 0.4) is 0 Å². The number of rotatable bonds is 70. The van der Waals surface area contributed by atoms with Gasteiger partial charge in [-0.25, -0.2) is 9.13 Å². The number of hydrogen-bond donors (Lipinski definition) is 4. The number of aliphatic hydroxyl groups excluding tert-OH is 2. The van der Waals surface area contributed by atoms with Crippen LogP contribution in [0.25, 0.3) is 0 Å². The van der Waals surface area contributed by atoms with Crippen molar-refractivity contribution in [2.45, 2.75) is 322 Å². The van der Waals surface area contributed by atoms with E-state index in [1.165, 1.54) is 89.9 Å². The summed E-state index contributed by atoms with van der Waals surface area (Å²) in [5.41, 5.74) is 0. The molecule has 0 spiro atoms. The first kappa shape index (κ1) is 91.2. The maximum atomic E-state index is 12.9. The molecular formula is C77H134O16P2. The smallest absolute Gasteiger partial charge is 0.463 e. The van der Waals surface area contributed by atoms with Gasteiger partial charge in [0.2, 0.25) is 0 Å². The summed E-state index contributed by atoms with van der Waals surface area (Å²) < 4.78 is 60.9. The highest BCUT2D eigenvalue weighted by molar-refractivity contribution is 7.47. The molecule has 0 aromatic rings. The van der Waals surface area contributed by atoms with Gasteiger partial charge in [0.15, 0.2) is 6.10 Å². The molecule has 5 unspecified atom stereocenters. The number of phosphoric acid groups is 2. The van der Waals surface area contributed by atoms with Gasteiger partial charge in [-0.15, -0.1) is 0 Å². The minimum atomic E-state index is -4.93. The normalized spacial score (nSPS) is 14.7. The predicted octanol–water partition coefficient (Wildman–Crippen LogP) is 21.2. The summed E-state index contributed by atoms with van der Waals surface area (Å²) in [5, 5.41) is 20.6. The highest BCUT2D eigenvalue weighted by Gasteiger charge is 2.29. The van der Waals surface area contributed by atoms with Gasteiger partial charge >= 0.3 is 33.6 Å². The van der Waals surface area contributed by atoms with E-state index in [1.54, 1.807) is 0 Å². The Balaban J connectivity index is 4.42. The summed E-state index contributed by atoms with van der Waals surface area (Å²) in [7, 11) is -9.78. The molecule has 0 heterocycles. The summed E-state index contributed by atoms with van der Waals surface area (Å²) in [6.07, 6.45) is 80.1. The Kier molecular flexibility index (Phi) is 67.3. The lowest BCUT2D eigenvalue weighted by Crippen LogP contribution is -2.30. The molecule has 0 aliphatic rings. The molecule has 0 saturated carbocycles. The fraction of sp³-hybridized carbons (Fsp3) is 0.727. The van der Waals surface area contributed by atoms with Crippen LogP contribution in [0, 0.1) is 0 Å². The van der Waals surface area contributed by atoms with E-state index in [-0.39, 0.29) is 19.3 Å². The monoisotopic (exact) mass is 1380 g/mol. The molecule has 0 amide bonds. The summed E-state index contributed by atoms with van der Waals surface area (Å²) >= 11 is 0. The number of aliphatic hydroxyl groups is 2. The first-order valence-electron chi connectivity index (χ1n) is 37.2. The van der Waals surface area contributed by atoms with Crippen LogP contribution in [0.15, 0.2) is 109 Å². The van der Waals surface area contributed by atoms with E-state index in [0.717, 1.165) is 154 Å². The SMILES string of the molecule is CC/C=C\C/C=C\C/C=C\C/C=C\C/C=C\C/C=C\CCCCCCCCCCCCCCC(=O)OCC(O)COP(=O)(O)OCC(O)COP(=O)(O)OCC(COC(=O)CCCCCCC/C=C\CCCCCCCC)OC(=O)CCCCCCC/C=C\C/C=C\CCC. The second-order valence-corrected chi connectivity index (χ2v) is 27.6. The largest absolute Gasteiger partial charge is 0.472 e. The number of allylic oxidation sites excluding steroid dienone is 18. The van der Waals surface area contributed by atoms with Gasteiger partial charge in [-0.2, -0.15) is 0 Å². The molecule has 0 aliphatic carbocycles. The standard InChI is InChI=1S/C77H134O16P2/c1-4-7-10-13-16-19-22-25-27-28-29-30-31-32-33-34-35-36-37-38-39-40-41-42-44-47-48-51-54-57-60-63-75(80)87-66-72(78)67-89-94(83,84)90-68-73(79)69-91-95(85,86)92-71-74(93-77(82)65-62-59-56-53-50-45-24-21-18-15-12-9-6-3)70-88-76(81)64-61-58-55-52-49-46-43-26-23-20-17-14-11-8-5-2/h7,10,12,15-16,19,21,24-27,29-30,32-33,35-36,43,72-74,78-79H,4-6,8-9,11,13-14,17-18,20,22-23,28,31,34,37-42,44-71H2,1-3H3,(H,83,84)(H,85,86)/b10-7-,15-12-,19-16-,24-21-,27-25-,30-29-,33-32-,36-35-,43-26-. The van der Waals surface area contributed by atoms with Crippen LogP contribution >= 0.6 is 15.6 Å². The summed E-state index contributed by atoms with van der Waals surface area (Å²) in [6.45, 7) is 2.47. The quantitative estimate of drug-likeness (QED) is 0.0146. The highest BCUT2D eigenvalue weighted by atomic mass is 31.2. The predicted molar refractivity (Wildman–Crippen MR) is 390 cm³/mol. The molecule has 5 atom stereocenters. The van der Waals surface area contributed by atoms with Gasteiger partial charge in [0.1, 0.15) is 25.4 Å². The Labute approximate surface area is 577 Å². The third kappa shape index (κ3) is 71.3. The lowest BCUT2D eigenvalue weighted by atomic mass is 10.0. The summed E-state index contributed by atoms with van der Waals surface area (Å²) in [6, 6.07) is 0. The van der Waals surface area contributed by atoms with Crippen molar-refractivity contribution in [1.29, 1.82) is 0 Å². The van der Waals surface area contributed by atoms with Gasteiger partial charge in [0.25, 0.3) is 0 Å². The molecule has 548 valence electrons. The number of carbonyl (C=O) groups excluding carboxylic acids is 3. The maximum Gasteiger partial charge on any atom is 0.472 e. The molecule has 16 nitrogen and oxygen atoms in total. The van der Waals surface area contributed by atoms with Crippen molar-refractivity contribution in [2.24, 2.45) is 0 Å². The minimum absolute atomic E-state index is 0.0872. The van der Waals surface area contributed by atoms with Crippen molar-refractivity contribution in [3.05, 3.63) is 109 Å². The van der Waals surface area contributed by atoms with Crippen molar-refractivity contribution in [2.75, 3.05) is 39.6 Å². The number of esters is 3. The minimum Gasteiger partial charge on any atom is -0.463 e. The molecule has 0 rings (SSSR count). The molecule has 0 radical (unpaired) electrons. The van der Waals surface area contributed by atoms with Gasteiger partial charge in [-0.05, 0) is 122 Å². The molecule has 0 aromatic carbocycles. The number of ether oxygens (including phenoxy) is 3. The molecule has 95 heavy (non-hydrogen) atoms. The Morgan fingerprint density at radius 2 is 0.579 bits per heavy atom. The number of unbranched alkanes of at least 4 members (excludes halogenated alkanes) is 29. The first-order chi connectivity index (χ1) is 46.2. The molecular weight excluding hydrogens is 1240 g/mol. The van der Waals surface area contributed by atoms with Crippen molar-refractivity contribution in [3.63, 3.8) is 0 Å². The second-order valence-electron chi connectivity index (χ2n) is 24.7. The van der Waals surface area contributed by atoms with Crippen molar-refractivity contribution < 1.29 is 75.8 Å². The van der Waals surface area contributed by atoms with E-state index in [4.69, 9.17) is 32.3 Å². The Bertz CT molecular complexity index is 2170. The van der Waals surface area contributed by atoms with E-state index in [0.29, 0.717) is 19.3 Å². The van der Waals surface area contributed by atoms with Crippen molar-refractivity contribution in [3.8, 4) is 0 Å². The van der Waals surface area contributed by atoms with Crippen molar-refractivity contribution >= 4 is 33.6 Å². The molecule has 18 heteroatoms. The van der Waals surface area contributed by atoms with Crippen LogP contribution in [-0.2, 0) is 55.8 Å². The number of carbonyl (C=O) groups is 3. The van der Waals surface area contributed by atoms with Crippen molar-refractivity contribution in [1.82, 2.24) is 0 Å². The van der Waals surface area contributed by atoms with E-state index >= 15 is 0 Å². The average Bonchev–Trinajstić information content (AvgIpc) is 1.75. The van der Waals surface area contributed by atoms with Crippen LogP contribution < -0.4 is 0 Å². The van der Waals surface area contributed by atoms with Crippen LogP contribution in [0.4, 0.5) is 0 Å². The van der Waals surface area contributed by atoms with E-state index in [2.05, 4.69) is 130 Å². The zero-order chi connectivity index (χ0) is 69.5. The first-order valence-corrected chi connectivity index (χ1v) is 40.2. The van der Waals surface area contributed by atoms with Crippen LogP contribution in [0.5, 0.6) is 0 Å². The second kappa shape index (κ2) is 70.1. The third-order valence-corrected chi connectivity index (χ3v) is 17.3. The van der Waals surface area contributed by atoms with Gasteiger partial charge < -0.3 is 34.2 Å². The van der Waals surface area contributed by atoms with Gasteiger partial charge in [0, 0.05) is 19.3 Å². The molecule has 0 aliphatic heterocycles. The van der Waals surface area contributed by atoms with E-state index in [1.807, 2.05) is 0 Å². The zero-order valence-electron chi connectivity index (χ0n) is 59.6. The van der Waals surface area contributed by atoms with Crippen LogP contribution in [0.2, 0.25) is 0 Å². The lowest BCUT2D eigenvalue weighted by molar-refractivity contribution is -0.161. The molecule has 0 saturated heterocycles. The molecule has 4 N–H and O–H groups in total. The maximum absolute atomic E-state index is 12.9. The fourth-order valence-corrected chi connectivity index (χ4v) is 11.4. The van der Waals surface area contributed by atoms with Crippen LogP contribution in [0.1, 0.15) is 303 Å². The molecule has 0 bridgehead atoms. The number of phosphoric ester groups is 2. The van der Waals surface area contributed by atoms with E-state index in [9.17, 15) is 43.5 Å². The van der Waals surface area contributed by atoms with Gasteiger partial charge in [0.05, 0.1) is 26.4 Å².